The molecule has 0 unspecified atom stereocenters. The van der Waals surface area contributed by atoms with E-state index in [4.69, 9.17) is 13.9 Å². The molecule has 0 fully saturated rings. The summed E-state index contributed by atoms with van der Waals surface area (Å²) < 4.78 is 15.9. The molecule has 0 amide bonds. The molecule has 1 aromatic heterocycles. The van der Waals surface area contributed by atoms with Crippen LogP contribution in [0.2, 0.25) is 0 Å². The quantitative estimate of drug-likeness (QED) is 0.399. The Morgan fingerprint density at radius 1 is 0.778 bits per heavy atom. The van der Waals surface area contributed by atoms with E-state index in [0.29, 0.717) is 16.7 Å². The van der Waals surface area contributed by atoms with Crippen LogP contribution < -0.4 is 9.47 Å². The number of rotatable bonds is 4. The van der Waals surface area contributed by atoms with Crippen molar-refractivity contribution in [3.05, 3.63) is 96.4 Å². The number of hydrogen-bond donors (Lipinski definition) is 0. The third-order valence-corrected chi connectivity index (χ3v) is 3.87. The summed E-state index contributed by atoms with van der Waals surface area (Å²) in [5, 5.41) is 1.27. The lowest BCUT2D eigenvalue weighted by atomic mass is 10.1. The molecular formula is C22H12O5. The molecule has 4 rings (SSSR count). The number of benzene rings is 3. The molecule has 0 aliphatic heterocycles. The molecule has 4 aromatic rings. The van der Waals surface area contributed by atoms with Crippen molar-refractivity contribution in [1.29, 1.82) is 0 Å². The van der Waals surface area contributed by atoms with Gasteiger partial charge in [-0.25, -0.2) is 9.59 Å². The summed E-state index contributed by atoms with van der Waals surface area (Å²) in [6.45, 7) is 0. The highest BCUT2D eigenvalue weighted by atomic mass is 16.6. The summed E-state index contributed by atoms with van der Waals surface area (Å²) in [6, 6.07) is 23.0. The normalized spacial score (nSPS) is 10.2. The molecule has 0 spiro atoms. The summed E-state index contributed by atoms with van der Waals surface area (Å²) >= 11 is 0. The monoisotopic (exact) mass is 356 g/mol. The van der Waals surface area contributed by atoms with Gasteiger partial charge in [0.05, 0.1) is 10.9 Å². The first-order valence-electron chi connectivity index (χ1n) is 8.11. The van der Waals surface area contributed by atoms with Crippen LogP contribution in [-0.4, -0.2) is 11.9 Å². The number of hydrogen-bond acceptors (Lipinski definition) is 5. The van der Waals surface area contributed by atoms with Crippen molar-refractivity contribution >= 4 is 22.7 Å². The minimum absolute atomic E-state index is 0.0224. The third-order valence-electron chi connectivity index (χ3n) is 3.87. The lowest BCUT2D eigenvalue weighted by Gasteiger charge is -2.11. The Hall–Kier alpha value is -4.04. The summed E-state index contributed by atoms with van der Waals surface area (Å²) in [5.41, 5.74) is 0.422. The molecule has 27 heavy (non-hydrogen) atoms. The third kappa shape index (κ3) is 3.37. The summed E-state index contributed by atoms with van der Waals surface area (Å²) in [4.78, 5) is 24.6. The lowest BCUT2D eigenvalue weighted by molar-refractivity contribution is 0.0703. The lowest BCUT2D eigenvalue weighted by Crippen LogP contribution is -2.10. The fourth-order valence-electron chi connectivity index (χ4n) is 2.64. The van der Waals surface area contributed by atoms with E-state index in [0.717, 1.165) is 5.39 Å². The molecule has 0 N–H and O–H groups in total. The maximum Gasteiger partial charge on any atom is 0.381 e. The van der Waals surface area contributed by atoms with Crippen LogP contribution in [0.1, 0.15) is 20.9 Å². The first-order valence-corrected chi connectivity index (χ1v) is 8.11. The van der Waals surface area contributed by atoms with Crippen LogP contribution in [0.4, 0.5) is 0 Å². The number of fused-ring (bicyclic) bond motifs is 1. The Bertz CT molecular complexity index is 1090. The zero-order valence-electron chi connectivity index (χ0n) is 14.0. The van der Waals surface area contributed by atoms with E-state index >= 15 is 0 Å². The highest BCUT2D eigenvalue weighted by Gasteiger charge is 2.17. The molecule has 5 nitrogen and oxygen atoms in total. The second-order valence-corrected chi connectivity index (χ2v) is 5.61. The van der Waals surface area contributed by atoms with E-state index in [1.807, 2.05) is 18.2 Å². The molecule has 0 aliphatic rings. The standard InChI is InChI=1S/C22H12O5/c23-21(16-7-2-1-3-8-16)26-17-11-4-9-15-10-5-12-18(20(15)17)27-22(24)19-13-6-14-25-19/h1-5,7-13H. The van der Waals surface area contributed by atoms with Crippen molar-refractivity contribution in [2.45, 2.75) is 0 Å². The van der Waals surface area contributed by atoms with Gasteiger partial charge in [-0.05, 0) is 35.7 Å². The predicted octanol–water partition coefficient (Wildman–Crippen LogP) is 4.47. The molecule has 0 atom stereocenters. The Balaban J connectivity index is 1.71. The summed E-state index contributed by atoms with van der Waals surface area (Å²) in [5.74, 6) is -0.665. The second-order valence-electron chi connectivity index (χ2n) is 5.61. The van der Waals surface area contributed by atoms with Gasteiger partial charge < -0.3 is 13.9 Å². The first-order chi connectivity index (χ1) is 13.2. The highest BCUT2D eigenvalue weighted by molar-refractivity contribution is 6.00. The average molecular weight is 356 g/mol. The van der Waals surface area contributed by atoms with Gasteiger partial charge in [0.15, 0.2) is 0 Å². The fraction of sp³-hybridized carbons (Fsp3) is 0. The van der Waals surface area contributed by atoms with Crippen molar-refractivity contribution in [2.75, 3.05) is 0 Å². The van der Waals surface area contributed by atoms with E-state index in [1.54, 1.807) is 48.5 Å². The minimum atomic E-state index is -0.691. The van der Waals surface area contributed by atoms with Crippen molar-refractivity contribution in [1.82, 2.24) is 0 Å². The molecule has 0 bridgehead atoms. The highest BCUT2D eigenvalue weighted by Crippen LogP contribution is 2.34. The first kappa shape index (κ1) is 16.4. The van der Waals surface area contributed by atoms with Crippen LogP contribution in [0.25, 0.3) is 10.8 Å². The SMILES string of the molecule is O=C(Oc1cccc2cccc(OC(=O)c3cc#co3)c12)c1ccccc1. The van der Waals surface area contributed by atoms with Gasteiger partial charge in [-0.15, -0.1) is 0 Å². The maximum absolute atomic E-state index is 12.4. The average Bonchev–Trinajstić information content (AvgIpc) is 3.24. The van der Waals surface area contributed by atoms with E-state index in [9.17, 15) is 9.59 Å². The van der Waals surface area contributed by atoms with Crippen LogP contribution in [0, 0.1) is 12.3 Å². The number of carbonyl (C=O) groups excluding carboxylic acids is 2. The van der Waals surface area contributed by atoms with E-state index in [-0.39, 0.29) is 11.5 Å². The van der Waals surface area contributed by atoms with Gasteiger partial charge in [-0.3, -0.25) is 0 Å². The fourth-order valence-corrected chi connectivity index (χ4v) is 2.64. The predicted molar refractivity (Wildman–Crippen MR) is 96.7 cm³/mol. The Labute approximate surface area is 154 Å². The minimum Gasteiger partial charge on any atom is -0.422 e. The van der Waals surface area contributed by atoms with Gasteiger partial charge in [0.25, 0.3) is 0 Å². The Morgan fingerprint density at radius 2 is 1.44 bits per heavy atom. The van der Waals surface area contributed by atoms with Crippen LogP contribution in [-0.2, 0) is 0 Å². The largest absolute Gasteiger partial charge is 0.422 e. The number of esters is 2. The van der Waals surface area contributed by atoms with Gasteiger partial charge >= 0.3 is 11.9 Å². The Morgan fingerprint density at radius 3 is 2.07 bits per heavy atom. The van der Waals surface area contributed by atoms with Crippen LogP contribution >= 0.6 is 0 Å². The molecule has 3 aromatic carbocycles. The van der Waals surface area contributed by atoms with Crippen molar-refractivity contribution in [3.63, 3.8) is 0 Å². The molecule has 0 radical (unpaired) electrons. The molecular weight excluding hydrogens is 344 g/mol. The zero-order chi connectivity index (χ0) is 18.6. The molecule has 0 aliphatic carbocycles. The molecule has 130 valence electrons. The van der Waals surface area contributed by atoms with E-state index in [2.05, 4.69) is 12.3 Å². The number of carbonyl (C=O) groups is 2. The topological polar surface area (TPSA) is 65.7 Å². The molecule has 5 heteroatoms. The van der Waals surface area contributed by atoms with Gasteiger partial charge in [0, 0.05) is 6.07 Å². The van der Waals surface area contributed by atoms with Crippen LogP contribution in [0.3, 0.4) is 0 Å². The van der Waals surface area contributed by atoms with E-state index in [1.165, 1.54) is 6.07 Å². The van der Waals surface area contributed by atoms with Crippen LogP contribution in [0.5, 0.6) is 11.5 Å². The Kier molecular flexibility index (Phi) is 4.30. The number of ether oxygens (including phenoxy) is 2. The van der Waals surface area contributed by atoms with Gasteiger partial charge in [0.1, 0.15) is 17.8 Å². The molecule has 0 saturated carbocycles. The second kappa shape index (κ2) is 7.06. The van der Waals surface area contributed by atoms with Crippen LogP contribution in [0.15, 0.2) is 77.2 Å². The van der Waals surface area contributed by atoms with E-state index < -0.39 is 11.9 Å². The van der Waals surface area contributed by atoms with Crippen molar-refractivity contribution in [2.24, 2.45) is 0 Å². The molecule has 1 heterocycles. The zero-order valence-corrected chi connectivity index (χ0v) is 14.0. The smallest absolute Gasteiger partial charge is 0.381 e. The van der Waals surface area contributed by atoms with Gasteiger partial charge in [-0.1, -0.05) is 42.5 Å². The molecule has 0 saturated heterocycles. The maximum atomic E-state index is 12.4. The van der Waals surface area contributed by atoms with Gasteiger partial charge in [-0.2, -0.15) is 0 Å². The summed E-state index contributed by atoms with van der Waals surface area (Å²) in [6.07, 6.45) is 2.32. The summed E-state index contributed by atoms with van der Waals surface area (Å²) in [7, 11) is 0. The van der Waals surface area contributed by atoms with Gasteiger partial charge in [0.2, 0.25) is 5.76 Å². The van der Waals surface area contributed by atoms with Crippen molar-refractivity contribution < 1.29 is 23.5 Å². The van der Waals surface area contributed by atoms with Crippen molar-refractivity contribution in [3.8, 4) is 11.5 Å².